The van der Waals surface area contributed by atoms with Crippen LogP contribution in [-0.2, 0) is 18.4 Å². The fraction of sp³-hybridized carbons (Fsp3) is 0.556. The standard InChI is InChI=1S/C9H16N4O/c1-7-8(6-13(3)12-7)4-11-9(14)5-10-2/h6,10H,4-5H2,1-3H3,(H,11,14). The lowest BCUT2D eigenvalue weighted by atomic mass is 10.2. The van der Waals surface area contributed by atoms with E-state index >= 15 is 0 Å². The molecule has 0 aliphatic carbocycles. The summed E-state index contributed by atoms with van der Waals surface area (Å²) in [5, 5.41) is 9.77. The number of carbonyl (C=O) groups is 1. The third-order valence-corrected chi connectivity index (χ3v) is 1.93. The molecule has 0 aliphatic rings. The summed E-state index contributed by atoms with van der Waals surface area (Å²) in [4.78, 5) is 11.1. The van der Waals surface area contributed by atoms with Crippen molar-refractivity contribution in [3.63, 3.8) is 0 Å². The van der Waals surface area contributed by atoms with Crippen LogP contribution in [-0.4, -0.2) is 29.3 Å². The Balaban J connectivity index is 2.45. The summed E-state index contributed by atoms with van der Waals surface area (Å²) < 4.78 is 1.74. The SMILES string of the molecule is CNCC(=O)NCc1cn(C)nc1C. The number of aromatic nitrogens is 2. The summed E-state index contributed by atoms with van der Waals surface area (Å²) >= 11 is 0. The Morgan fingerprint density at radius 1 is 1.64 bits per heavy atom. The molecule has 14 heavy (non-hydrogen) atoms. The average molecular weight is 196 g/mol. The predicted octanol–water partition coefficient (Wildman–Crippen LogP) is -0.436. The number of hydrogen-bond acceptors (Lipinski definition) is 3. The van der Waals surface area contributed by atoms with Crippen molar-refractivity contribution in [2.45, 2.75) is 13.5 Å². The first kappa shape index (κ1) is 10.7. The monoisotopic (exact) mass is 196 g/mol. The van der Waals surface area contributed by atoms with Gasteiger partial charge in [0, 0.05) is 25.4 Å². The first-order valence-electron chi connectivity index (χ1n) is 4.54. The summed E-state index contributed by atoms with van der Waals surface area (Å²) in [5.41, 5.74) is 2.01. The van der Waals surface area contributed by atoms with E-state index in [-0.39, 0.29) is 5.91 Å². The van der Waals surface area contributed by atoms with Gasteiger partial charge in [0.2, 0.25) is 5.91 Å². The van der Waals surface area contributed by atoms with E-state index in [4.69, 9.17) is 0 Å². The number of carbonyl (C=O) groups excluding carboxylic acids is 1. The number of aryl methyl sites for hydroxylation is 2. The maximum Gasteiger partial charge on any atom is 0.234 e. The fourth-order valence-corrected chi connectivity index (χ4v) is 1.24. The van der Waals surface area contributed by atoms with E-state index in [0.717, 1.165) is 11.3 Å². The second-order valence-corrected chi connectivity index (χ2v) is 3.22. The van der Waals surface area contributed by atoms with Gasteiger partial charge in [-0.15, -0.1) is 0 Å². The molecular weight excluding hydrogens is 180 g/mol. The van der Waals surface area contributed by atoms with Crippen molar-refractivity contribution in [1.82, 2.24) is 20.4 Å². The highest BCUT2D eigenvalue weighted by molar-refractivity contribution is 5.77. The van der Waals surface area contributed by atoms with E-state index < -0.39 is 0 Å². The van der Waals surface area contributed by atoms with Crippen molar-refractivity contribution in [2.24, 2.45) is 7.05 Å². The molecule has 2 N–H and O–H groups in total. The smallest absolute Gasteiger partial charge is 0.234 e. The summed E-state index contributed by atoms with van der Waals surface area (Å²) in [6, 6.07) is 0. The third-order valence-electron chi connectivity index (χ3n) is 1.93. The Bertz CT molecular complexity index is 319. The number of amides is 1. The summed E-state index contributed by atoms with van der Waals surface area (Å²) in [5.74, 6) is -0.00393. The van der Waals surface area contributed by atoms with E-state index in [1.807, 2.05) is 20.2 Å². The fourth-order valence-electron chi connectivity index (χ4n) is 1.24. The molecule has 78 valence electrons. The van der Waals surface area contributed by atoms with Crippen molar-refractivity contribution in [3.05, 3.63) is 17.5 Å². The minimum atomic E-state index is -0.00393. The molecule has 1 aromatic rings. The van der Waals surface area contributed by atoms with E-state index in [9.17, 15) is 4.79 Å². The van der Waals surface area contributed by atoms with E-state index in [0.29, 0.717) is 13.1 Å². The zero-order valence-electron chi connectivity index (χ0n) is 8.79. The van der Waals surface area contributed by atoms with Crippen LogP contribution < -0.4 is 10.6 Å². The normalized spacial score (nSPS) is 10.2. The number of likely N-dealkylation sites (N-methyl/N-ethyl adjacent to an activating group) is 1. The Morgan fingerprint density at radius 3 is 2.86 bits per heavy atom. The molecular formula is C9H16N4O. The molecule has 0 saturated heterocycles. The lowest BCUT2D eigenvalue weighted by molar-refractivity contribution is -0.120. The second-order valence-electron chi connectivity index (χ2n) is 3.22. The quantitative estimate of drug-likeness (QED) is 0.686. The molecule has 0 radical (unpaired) electrons. The van der Waals surface area contributed by atoms with Crippen LogP contribution in [0.3, 0.4) is 0 Å². The highest BCUT2D eigenvalue weighted by atomic mass is 16.1. The summed E-state index contributed by atoms with van der Waals surface area (Å²) in [7, 11) is 3.61. The van der Waals surface area contributed by atoms with Crippen molar-refractivity contribution >= 4 is 5.91 Å². The number of nitrogens with zero attached hydrogens (tertiary/aromatic N) is 2. The van der Waals surface area contributed by atoms with E-state index in [2.05, 4.69) is 15.7 Å². The van der Waals surface area contributed by atoms with E-state index in [1.165, 1.54) is 0 Å². The van der Waals surface area contributed by atoms with Gasteiger partial charge in [-0.1, -0.05) is 0 Å². The number of rotatable bonds is 4. The largest absolute Gasteiger partial charge is 0.351 e. The Hall–Kier alpha value is -1.36. The van der Waals surface area contributed by atoms with Gasteiger partial charge in [0.1, 0.15) is 0 Å². The number of nitrogens with one attached hydrogen (secondary N) is 2. The van der Waals surface area contributed by atoms with Crippen LogP contribution in [0.4, 0.5) is 0 Å². The Morgan fingerprint density at radius 2 is 2.36 bits per heavy atom. The van der Waals surface area contributed by atoms with Crippen molar-refractivity contribution in [1.29, 1.82) is 0 Å². The highest BCUT2D eigenvalue weighted by Gasteiger charge is 2.04. The first-order valence-corrected chi connectivity index (χ1v) is 4.54. The Labute approximate surface area is 83.5 Å². The zero-order chi connectivity index (χ0) is 10.6. The topological polar surface area (TPSA) is 59.0 Å². The van der Waals surface area contributed by atoms with Gasteiger partial charge >= 0.3 is 0 Å². The van der Waals surface area contributed by atoms with Gasteiger partial charge in [-0.05, 0) is 14.0 Å². The van der Waals surface area contributed by atoms with Gasteiger partial charge in [-0.25, -0.2) is 0 Å². The van der Waals surface area contributed by atoms with Gasteiger partial charge in [-0.3, -0.25) is 9.48 Å². The van der Waals surface area contributed by atoms with E-state index in [1.54, 1.807) is 11.7 Å². The van der Waals surface area contributed by atoms with Crippen LogP contribution >= 0.6 is 0 Å². The van der Waals surface area contributed by atoms with Crippen LogP contribution in [0.25, 0.3) is 0 Å². The molecule has 1 amide bonds. The molecule has 5 heteroatoms. The number of hydrogen-bond donors (Lipinski definition) is 2. The molecule has 1 rings (SSSR count). The lowest BCUT2D eigenvalue weighted by Gasteiger charge is -2.02. The average Bonchev–Trinajstić information content (AvgIpc) is 2.42. The van der Waals surface area contributed by atoms with Crippen molar-refractivity contribution in [3.8, 4) is 0 Å². The maximum absolute atomic E-state index is 11.1. The van der Waals surface area contributed by atoms with Gasteiger partial charge in [0.05, 0.1) is 12.2 Å². The molecule has 0 aromatic carbocycles. The van der Waals surface area contributed by atoms with Crippen molar-refractivity contribution < 1.29 is 4.79 Å². The highest BCUT2D eigenvalue weighted by Crippen LogP contribution is 2.03. The van der Waals surface area contributed by atoms with Crippen LogP contribution in [0, 0.1) is 6.92 Å². The Kier molecular flexibility index (Phi) is 3.64. The summed E-state index contributed by atoms with van der Waals surface area (Å²) in [6.45, 7) is 2.82. The predicted molar refractivity (Wildman–Crippen MR) is 53.7 cm³/mol. The lowest BCUT2D eigenvalue weighted by Crippen LogP contribution is -2.31. The molecule has 0 spiro atoms. The minimum Gasteiger partial charge on any atom is -0.351 e. The molecule has 5 nitrogen and oxygen atoms in total. The van der Waals surface area contributed by atoms with Crippen LogP contribution in [0.2, 0.25) is 0 Å². The molecule has 0 saturated carbocycles. The van der Waals surface area contributed by atoms with Crippen LogP contribution in [0.5, 0.6) is 0 Å². The molecule has 0 fully saturated rings. The zero-order valence-corrected chi connectivity index (χ0v) is 8.79. The van der Waals surface area contributed by atoms with Crippen molar-refractivity contribution in [2.75, 3.05) is 13.6 Å². The molecule has 1 heterocycles. The molecule has 0 atom stereocenters. The van der Waals surface area contributed by atoms with Crippen LogP contribution in [0.1, 0.15) is 11.3 Å². The van der Waals surface area contributed by atoms with Gasteiger partial charge in [0.15, 0.2) is 0 Å². The van der Waals surface area contributed by atoms with Gasteiger partial charge in [0.25, 0.3) is 0 Å². The minimum absolute atomic E-state index is 0.00393. The summed E-state index contributed by atoms with van der Waals surface area (Å²) in [6.07, 6.45) is 1.91. The third kappa shape index (κ3) is 2.85. The molecule has 1 aromatic heterocycles. The molecule has 0 bridgehead atoms. The molecule has 0 unspecified atom stereocenters. The van der Waals surface area contributed by atoms with Gasteiger partial charge < -0.3 is 10.6 Å². The van der Waals surface area contributed by atoms with Gasteiger partial charge in [-0.2, -0.15) is 5.10 Å². The van der Waals surface area contributed by atoms with Crippen LogP contribution in [0.15, 0.2) is 6.20 Å². The maximum atomic E-state index is 11.1. The first-order chi connectivity index (χ1) is 6.63. The molecule has 0 aliphatic heterocycles. The second kappa shape index (κ2) is 4.76.